The molecule has 1 aromatic carbocycles. The number of hydrogen-bond donors (Lipinski definition) is 1. The molecule has 0 aliphatic heterocycles. The van der Waals surface area contributed by atoms with Gasteiger partial charge in [0.1, 0.15) is 5.75 Å². The van der Waals surface area contributed by atoms with Crippen LogP contribution in [-0.2, 0) is 10.0 Å². The van der Waals surface area contributed by atoms with Crippen molar-refractivity contribution in [3.8, 4) is 5.75 Å². The molecule has 1 unspecified atom stereocenters. The Hall–Kier alpha value is -1.07. The van der Waals surface area contributed by atoms with Crippen LogP contribution in [0.4, 0.5) is 0 Å². The van der Waals surface area contributed by atoms with Crippen molar-refractivity contribution >= 4 is 10.0 Å². The summed E-state index contributed by atoms with van der Waals surface area (Å²) >= 11 is 0. The fourth-order valence-electron chi connectivity index (χ4n) is 3.68. The van der Waals surface area contributed by atoms with E-state index in [9.17, 15) is 8.42 Å². The van der Waals surface area contributed by atoms with Crippen molar-refractivity contribution in [1.29, 1.82) is 0 Å². The fourth-order valence-corrected chi connectivity index (χ4v) is 5.52. The second-order valence-corrected chi connectivity index (χ2v) is 8.43. The average molecular weight is 340 g/mol. The zero-order valence-electron chi connectivity index (χ0n) is 14.9. The van der Waals surface area contributed by atoms with Gasteiger partial charge in [-0.3, -0.25) is 0 Å². The third kappa shape index (κ3) is 3.89. The van der Waals surface area contributed by atoms with Gasteiger partial charge in [-0.25, -0.2) is 13.1 Å². The summed E-state index contributed by atoms with van der Waals surface area (Å²) in [5.41, 5.74) is 2.38. The molecule has 2 rings (SSSR count). The monoisotopic (exact) mass is 339 g/mol. The zero-order valence-corrected chi connectivity index (χ0v) is 15.7. The van der Waals surface area contributed by atoms with Gasteiger partial charge in [0.2, 0.25) is 10.0 Å². The van der Waals surface area contributed by atoms with E-state index in [4.69, 9.17) is 4.74 Å². The molecule has 5 heteroatoms. The summed E-state index contributed by atoms with van der Waals surface area (Å²) in [7, 11) is -1.91. The molecule has 1 saturated carbocycles. The molecule has 0 amide bonds. The second-order valence-electron chi connectivity index (χ2n) is 6.78. The minimum atomic E-state index is -3.52. The van der Waals surface area contributed by atoms with E-state index < -0.39 is 10.0 Å². The smallest absolute Gasteiger partial charge is 0.241 e. The van der Waals surface area contributed by atoms with E-state index >= 15 is 0 Å². The molecule has 1 aliphatic carbocycles. The van der Waals surface area contributed by atoms with Crippen LogP contribution < -0.4 is 9.46 Å². The molecule has 23 heavy (non-hydrogen) atoms. The molecule has 0 bridgehead atoms. The molecule has 0 spiro atoms. The molecule has 1 aliphatic rings. The van der Waals surface area contributed by atoms with Gasteiger partial charge in [-0.1, -0.05) is 19.3 Å². The van der Waals surface area contributed by atoms with Crippen molar-refractivity contribution in [2.45, 2.75) is 70.7 Å². The summed E-state index contributed by atoms with van der Waals surface area (Å²) in [6.45, 7) is 7.57. The molecule has 0 heterocycles. The van der Waals surface area contributed by atoms with Crippen LogP contribution in [0, 0.1) is 26.7 Å². The lowest BCUT2D eigenvalue weighted by atomic mass is 9.85. The number of nitrogens with one attached hydrogen (secondary N) is 1. The van der Waals surface area contributed by atoms with E-state index in [1.165, 1.54) is 19.3 Å². The van der Waals surface area contributed by atoms with Crippen molar-refractivity contribution in [1.82, 2.24) is 4.72 Å². The van der Waals surface area contributed by atoms with Gasteiger partial charge in [0, 0.05) is 6.04 Å². The summed E-state index contributed by atoms with van der Waals surface area (Å²) in [5, 5.41) is 0. The number of rotatable bonds is 5. The van der Waals surface area contributed by atoms with Crippen LogP contribution in [0.15, 0.2) is 11.0 Å². The van der Waals surface area contributed by atoms with Gasteiger partial charge in [-0.05, 0) is 69.2 Å². The van der Waals surface area contributed by atoms with Gasteiger partial charge >= 0.3 is 0 Å². The number of hydrogen-bond acceptors (Lipinski definition) is 3. The van der Waals surface area contributed by atoms with Crippen molar-refractivity contribution in [3.63, 3.8) is 0 Å². The first kappa shape index (κ1) is 18.3. The molecule has 0 saturated heterocycles. The minimum Gasteiger partial charge on any atom is -0.496 e. The van der Waals surface area contributed by atoms with Crippen molar-refractivity contribution < 1.29 is 13.2 Å². The number of sulfonamides is 1. The summed E-state index contributed by atoms with van der Waals surface area (Å²) in [4.78, 5) is 0.401. The Kier molecular flexibility index (Phi) is 5.74. The zero-order chi connectivity index (χ0) is 17.2. The Morgan fingerprint density at radius 1 is 1.13 bits per heavy atom. The maximum atomic E-state index is 12.9. The quantitative estimate of drug-likeness (QED) is 0.886. The highest BCUT2D eigenvalue weighted by Gasteiger charge is 2.28. The van der Waals surface area contributed by atoms with Crippen LogP contribution >= 0.6 is 0 Å². The molecule has 1 aromatic rings. The van der Waals surface area contributed by atoms with Crippen LogP contribution in [0.5, 0.6) is 5.75 Å². The van der Waals surface area contributed by atoms with Crippen LogP contribution in [0.1, 0.15) is 55.7 Å². The van der Waals surface area contributed by atoms with E-state index in [0.29, 0.717) is 10.8 Å². The molecular formula is C18H29NO3S. The predicted molar refractivity (Wildman–Crippen MR) is 93.6 cm³/mol. The van der Waals surface area contributed by atoms with Crippen molar-refractivity contribution in [3.05, 3.63) is 22.8 Å². The van der Waals surface area contributed by atoms with Gasteiger partial charge in [0.15, 0.2) is 0 Å². The van der Waals surface area contributed by atoms with Crippen LogP contribution in [0.25, 0.3) is 0 Å². The average Bonchev–Trinajstić information content (AvgIpc) is 2.51. The number of benzene rings is 1. The second kappa shape index (κ2) is 7.22. The van der Waals surface area contributed by atoms with E-state index in [1.807, 2.05) is 33.8 Å². The highest BCUT2D eigenvalue weighted by molar-refractivity contribution is 7.89. The van der Waals surface area contributed by atoms with E-state index in [-0.39, 0.29) is 6.04 Å². The third-order valence-corrected chi connectivity index (χ3v) is 7.01. The highest BCUT2D eigenvalue weighted by Crippen LogP contribution is 2.32. The molecule has 130 valence electrons. The van der Waals surface area contributed by atoms with Crippen LogP contribution in [0.3, 0.4) is 0 Å². The number of methoxy groups -OCH3 is 1. The van der Waals surface area contributed by atoms with Crippen LogP contribution in [0.2, 0.25) is 0 Å². The third-order valence-electron chi connectivity index (χ3n) is 5.17. The number of aryl methyl sites for hydroxylation is 1. The first-order chi connectivity index (χ1) is 10.8. The molecule has 1 fully saturated rings. The van der Waals surface area contributed by atoms with Gasteiger partial charge < -0.3 is 4.74 Å². The molecule has 1 atom stereocenters. The lowest BCUT2D eigenvalue weighted by molar-refractivity contribution is 0.303. The summed E-state index contributed by atoms with van der Waals surface area (Å²) in [5.74, 6) is 1.18. The highest BCUT2D eigenvalue weighted by atomic mass is 32.2. The van der Waals surface area contributed by atoms with E-state index in [1.54, 1.807) is 7.11 Å². The van der Waals surface area contributed by atoms with Gasteiger partial charge in [0.25, 0.3) is 0 Å². The minimum absolute atomic E-state index is 0.0264. The maximum Gasteiger partial charge on any atom is 0.241 e. The Morgan fingerprint density at radius 2 is 1.74 bits per heavy atom. The summed E-state index contributed by atoms with van der Waals surface area (Å²) in [6.07, 6.45) is 5.91. The Labute approximate surface area is 140 Å². The molecular weight excluding hydrogens is 310 g/mol. The normalized spacial score (nSPS) is 18.0. The number of ether oxygens (including phenoxy) is 1. The van der Waals surface area contributed by atoms with Crippen molar-refractivity contribution in [2.75, 3.05) is 7.11 Å². The Balaban J connectivity index is 2.31. The predicted octanol–water partition coefficient (Wildman–Crippen LogP) is 3.87. The molecule has 0 radical (unpaired) electrons. The molecule has 0 aromatic heterocycles. The van der Waals surface area contributed by atoms with Crippen molar-refractivity contribution in [2.24, 2.45) is 5.92 Å². The Bertz CT molecular complexity index is 661. The lowest BCUT2D eigenvalue weighted by Gasteiger charge is -2.28. The SMILES string of the molecule is COc1cc(C)c(S(=O)(=O)NC(C)C2CCCCC2)c(C)c1C. The fraction of sp³-hybridized carbons (Fsp3) is 0.667. The maximum absolute atomic E-state index is 12.9. The van der Waals surface area contributed by atoms with Gasteiger partial charge in [-0.2, -0.15) is 0 Å². The molecule has 1 N–H and O–H groups in total. The standard InChI is InChI=1S/C18H29NO3S/c1-12-11-17(22-5)13(2)14(3)18(12)23(20,21)19-15(4)16-9-7-6-8-10-16/h11,15-16,19H,6-10H2,1-5H3. The first-order valence-corrected chi connectivity index (χ1v) is 9.93. The topological polar surface area (TPSA) is 55.4 Å². The van der Waals surface area contributed by atoms with E-state index in [0.717, 1.165) is 35.3 Å². The lowest BCUT2D eigenvalue weighted by Crippen LogP contribution is -2.39. The van der Waals surface area contributed by atoms with Gasteiger partial charge in [0.05, 0.1) is 12.0 Å². The summed E-state index contributed by atoms with van der Waals surface area (Å²) in [6, 6.07) is 1.78. The first-order valence-electron chi connectivity index (χ1n) is 8.45. The summed E-state index contributed by atoms with van der Waals surface area (Å²) < 4.78 is 34.1. The Morgan fingerprint density at radius 3 is 2.30 bits per heavy atom. The van der Waals surface area contributed by atoms with Crippen LogP contribution in [-0.4, -0.2) is 21.6 Å². The largest absolute Gasteiger partial charge is 0.496 e. The van der Waals surface area contributed by atoms with Gasteiger partial charge in [-0.15, -0.1) is 0 Å². The molecule has 4 nitrogen and oxygen atoms in total. The van der Waals surface area contributed by atoms with E-state index in [2.05, 4.69) is 4.72 Å².